The summed E-state index contributed by atoms with van der Waals surface area (Å²) in [6.45, 7) is 0. The fourth-order valence-corrected chi connectivity index (χ4v) is 1.24. The molecule has 2 aromatic rings. The van der Waals surface area contributed by atoms with Crippen LogP contribution in [-0.2, 0) is 0 Å². The Morgan fingerprint density at radius 3 is 2.77 bits per heavy atom. The van der Waals surface area contributed by atoms with Crippen LogP contribution in [0.2, 0.25) is 0 Å². The van der Waals surface area contributed by atoms with Crippen molar-refractivity contribution in [3.05, 3.63) is 22.9 Å². The van der Waals surface area contributed by atoms with Gasteiger partial charge in [-0.15, -0.1) is 5.10 Å². The summed E-state index contributed by atoms with van der Waals surface area (Å²) >= 11 is 3.28. The largest absolute Gasteiger partial charge is 0.403 e. The SMILES string of the molecule is Nc1nnc(-c2cncc(Br)c2)o1. The molecule has 0 amide bonds. The number of nitrogen functional groups attached to an aromatic ring is 1. The van der Waals surface area contributed by atoms with Crippen LogP contribution < -0.4 is 5.73 Å². The van der Waals surface area contributed by atoms with Gasteiger partial charge in [-0.05, 0) is 22.0 Å². The summed E-state index contributed by atoms with van der Waals surface area (Å²) in [4.78, 5) is 3.95. The first-order chi connectivity index (χ1) is 6.25. The lowest BCUT2D eigenvalue weighted by molar-refractivity contribution is 0.590. The minimum absolute atomic E-state index is 0.0509. The van der Waals surface area contributed by atoms with Crippen molar-refractivity contribution in [2.24, 2.45) is 0 Å². The smallest absolute Gasteiger partial charge is 0.313 e. The Kier molecular flexibility index (Phi) is 1.97. The third kappa shape index (κ3) is 1.67. The molecule has 0 bridgehead atoms. The molecule has 0 saturated carbocycles. The van der Waals surface area contributed by atoms with Crippen LogP contribution in [0.3, 0.4) is 0 Å². The van der Waals surface area contributed by atoms with E-state index < -0.39 is 0 Å². The summed E-state index contributed by atoms with van der Waals surface area (Å²) in [6, 6.07) is 1.87. The van der Waals surface area contributed by atoms with Crippen molar-refractivity contribution in [2.45, 2.75) is 0 Å². The van der Waals surface area contributed by atoms with Gasteiger partial charge in [0, 0.05) is 16.9 Å². The molecule has 0 aliphatic rings. The van der Waals surface area contributed by atoms with Crippen LogP contribution in [0.1, 0.15) is 0 Å². The van der Waals surface area contributed by atoms with Crippen LogP contribution in [0.5, 0.6) is 0 Å². The maximum Gasteiger partial charge on any atom is 0.313 e. The maximum absolute atomic E-state index is 5.28. The highest BCUT2D eigenvalue weighted by molar-refractivity contribution is 9.10. The zero-order valence-electron chi connectivity index (χ0n) is 6.44. The molecule has 2 heterocycles. The average Bonchev–Trinajstić information content (AvgIpc) is 2.52. The van der Waals surface area contributed by atoms with E-state index >= 15 is 0 Å². The quantitative estimate of drug-likeness (QED) is 0.817. The molecule has 6 heteroatoms. The molecule has 0 atom stereocenters. The normalized spacial score (nSPS) is 10.2. The molecular weight excluding hydrogens is 236 g/mol. The number of hydrogen-bond donors (Lipinski definition) is 1. The summed E-state index contributed by atoms with van der Waals surface area (Å²) in [6.07, 6.45) is 3.29. The maximum atomic E-state index is 5.28. The second-order valence-corrected chi connectivity index (χ2v) is 3.25. The van der Waals surface area contributed by atoms with E-state index in [1.165, 1.54) is 0 Å². The van der Waals surface area contributed by atoms with Crippen LogP contribution in [0.15, 0.2) is 27.3 Å². The summed E-state index contributed by atoms with van der Waals surface area (Å²) in [5.74, 6) is 0.367. The molecule has 0 unspecified atom stereocenters. The average molecular weight is 241 g/mol. The van der Waals surface area contributed by atoms with E-state index in [0.717, 1.165) is 10.0 Å². The summed E-state index contributed by atoms with van der Waals surface area (Å²) in [5, 5.41) is 7.27. The van der Waals surface area contributed by atoms with Gasteiger partial charge in [-0.3, -0.25) is 4.98 Å². The number of hydrogen-bond acceptors (Lipinski definition) is 5. The van der Waals surface area contributed by atoms with Crippen LogP contribution >= 0.6 is 15.9 Å². The Labute approximate surface area is 82.1 Å². The second-order valence-electron chi connectivity index (χ2n) is 2.34. The van der Waals surface area contributed by atoms with Gasteiger partial charge in [-0.2, -0.15) is 0 Å². The monoisotopic (exact) mass is 240 g/mol. The zero-order valence-corrected chi connectivity index (χ0v) is 8.02. The summed E-state index contributed by atoms with van der Waals surface area (Å²) < 4.78 is 5.87. The molecule has 0 radical (unpaired) electrons. The first-order valence-corrected chi connectivity index (χ1v) is 4.25. The Morgan fingerprint density at radius 2 is 2.15 bits per heavy atom. The lowest BCUT2D eigenvalue weighted by Crippen LogP contribution is -1.81. The molecule has 5 nitrogen and oxygen atoms in total. The number of nitrogens with two attached hydrogens (primary N) is 1. The molecule has 0 fully saturated rings. The van der Waals surface area contributed by atoms with Gasteiger partial charge in [0.2, 0.25) is 0 Å². The van der Waals surface area contributed by atoms with Crippen LogP contribution in [-0.4, -0.2) is 15.2 Å². The second kappa shape index (κ2) is 3.14. The fraction of sp³-hybridized carbons (Fsp3) is 0. The first kappa shape index (κ1) is 8.18. The molecule has 2 N–H and O–H groups in total. The van der Waals surface area contributed by atoms with E-state index in [-0.39, 0.29) is 6.01 Å². The lowest BCUT2D eigenvalue weighted by atomic mass is 10.3. The Hall–Kier alpha value is -1.43. The molecule has 2 aromatic heterocycles. The predicted octanol–water partition coefficient (Wildman–Crippen LogP) is 1.48. The highest BCUT2D eigenvalue weighted by atomic mass is 79.9. The Morgan fingerprint density at radius 1 is 1.31 bits per heavy atom. The van der Waals surface area contributed by atoms with E-state index in [1.54, 1.807) is 12.4 Å². The van der Waals surface area contributed by atoms with Gasteiger partial charge in [0.05, 0.1) is 5.56 Å². The first-order valence-electron chi connectivity index (χ1n) is 3.45. The molecule has 13 heavy (non-hydrogen) atoms. The molecule has 0 aliphatic heterocycles. The van der Waals surface area contributed by atoms with Crippen LogP contribution in [0, 0.1) is 0 Å². The molecule has 0 aromatic carbocycles. The Balaban J connectivity index is 2.46. The van der Waals surface area contributed by atoms with Gasteiger partial charge in [-0.25, -0.2) is 0 Å². The Bertz CT molecular complexity index is 428. The van der Waals surface area contributed by atoms with Gasteiger partial charge >= 0.3 is 6.01 Å². The third-order valence-corrected chi connectivity index (χ3v) is 1.83. The van der Waals surface area contributed by atoms with Crippen molar-refractivity contribution in [3.8, 4) is 11.5 Å². The van der Waals surface area contributed by atoms with Crippen molar-refractivity contribution in [1.82, 2.24) is 15.2 Å². The lowest BCUT2D eigenvalue weighted by Gasteiger charge is -1.93. The standard InChI is InChI=1S/C7H5BrN4O/c8-5-1-4(2-10-3-5)6-11-12-7(9)13-6/h1-3H,(H2,9,12). The van der Waals surface area contributed by atoms with E-state index in [9.17, 15) is 0 Å². The van der Waals surface area contributed by atoms with Gasteiger partial charge in [-0.1, -0.05) is 5.10 Å². The van der Waals surface area contributed by atoms with E-state index in [1.807, 2.05) is 6.07 Å². The van der Waals surface area contributed by atoms with E-state index in [2.05, 4.69) is 31.1 Å². The van der Waals surface area contributed by atoms with E-state index in [4.69, 9.17) is 10.2 Å². The van der Waals surface area contributed by atoms with Crippen molar-refractivity contribution in [1.29, 1.82) is 0 Å². The van der Waals surface area contributed by atoms with Gasteiger partial charge in [0.15, 0.2) is 0 Å². The van der Waals surface area contributed by atoms with Crippen molar-refractivity contribution in [2.75, 3.05) is 5.73 Å². The van der Waals surface area contributed by atoms with Gasteiger partial charge < -0.3 is 10.2 Å². The minimum Gasteiger partial charge on any atom is -0.403 e. The zero-order chi connectivity index (χ0) is 9.26. The predicted molar refractivity (Wildman–Crippen MR) is 49.6 cm³/mol. The van der Waals surface area contributed by atoms with Crippen molar-refractivity contribution < 1.29 is 4.42 Å². The highest BCUT2D eigenvalue weighted by Crippen LogP contribution is 2.20. The number of halogens is 1. The van der Waals surface area contributed by atoms with E-state index in [0.29, 0.717) is 5.89 Å². The van der Waals surface area contributed by atoms with Crippen molar-refractivity contribution >= 4 is 21.9 Å². The highest BCUT2D eigenvalue weighted by Gasteiger charge is 2.06. The number of rotatable bonds is 1. The molecule has 0 aliphatic carbocycles. The topological polar surface area (TPSA) is 77.8 Å². The molecular formula is C7H5BrN4O. The van der Waals surface area contributed by atoms with Gasteiger partial charge in [0.1, 0.15) is 0 Å². The number of nitrogens with zero attached hydrogens (tertiary/aromatic N) is 3. The number of anilines is 1. The van der Waals surface area contributed by atoms with Crippen molar-refractivity contribution in [3.63, 3.8) is 0 Å². The molecule has 66 valence electrons. The number of pyridine rings is 1. The third-order valence-electron chi connectivity index (χ3n) is 1.39. The minimum atomic E-state index is 0.0509. The fourth-order valence-electron chi connectivity index (χ4n) is 0.880. The van der Waals surface area contributed by atoms with Gasteiger partial charge in [0.25, 0.3) is 5.89 Å². The van der Waals surface area contributed by atoms with Crippen LogP contribution in [0.4, 0.5) is 6.01 Å². The molecule has 0 spiro atoms. The molecule has 2 rings (SSSR count). The summed E-state index contributed by atoms with van der Waals surface area (Å²) in [5.41, 5.74) is 6.02. The summed E-state index contributed by atoms with van der Waals surface area (Å²) in [7, 11) is 0. The van der Waals surface area contributed by atoms with Crippen LogP contribution in [0.25, 0.3) is 11.5 Å². The number of aromatic nitrogens is 3. The molecule has 0 saturated heterocycles.